The summed E-state index contributed by atoms with van der Waals surface area (Å²) in [6, 6.07) is 13.3. The summed E-state index contributed by atoms with van der Waals surface area (Å²) < 4.78 is 31.3. The van der Waals surface area contributed by atoms with E-state index in [2.05, 4.69) is 0 Å². The Labute approximate surface area is 263 Å². The van der Waals surface area contributed by atoms with Crippen molar-refractivity contribution in [3.63, 3.8) is 0 Å². The second kappa shape index (κ2) is 14.1. The predicted molar refractivity (Wildman–Crippen MR) is 162 cm³/mol. The minimum atomic E-state index is -4.76. The molecule has 0 N–H and O–H groups in total. The quantitative estimate of drug-likeness (QED) is 0.164. The maximum Gasteiger partial charge on any atom is 0.647 e. The Morgan fingerprint density at radius 2 is 0.789 bits per heavy atom. The van der Waals surface area contributed by atoms with E-state index in [1.807, 2.05) is 0 Å². The van der Waals surface area contributed by atoms with Gasteiger partial charge in [0, 0.05) is 48.4 Å². The maximum absolute atomic E-state index is 14.2. The van der Waals surface area contributed by atoms with Gasteiger partial charge in [0.25, 0.3) is 0 Å². The second-order valence-electron chi connectivity index (χ2n) is 7.01. The van der Waals surface area contributed by atoms with Crippen LogP contribution in [0.15, 0.2) is 71.2 Å². The molecule has 0 spiro atoms. The van der Waals surface area contributed by atoms with Crippen LogP contribution in [0.2, 0.25) is 30.1 Å². The van der Waals surface area contributed by atoms with Gasteiger partial charge in [0.15, 0.2) is 17.3 Å². The Bertz CT molecular complexity index is 1310. The molecule has 38 heavy (non-hydrogen) atoms. The molecule has 0 radical (unpaired) electrons. The van der Waals surface area contributed by atoms with Crippen LogP contribution in [0, 0.1) is 0 Å². The van der Waals surface area contributed by atoms with E-state index in [1.54, 1.807) is 0 Å². The molecule has 0 aliphatic carbocycles. The molecule has 0 saturated heterocycles. The number of phosphoric acid groups is 1. The highest BCUT2D eigenvalue weighted by atomic mass is 35.5. The van der Waals surface area contributed by atoms with Gasteiger partial charge in [-0.2, -0.15) is 4.57 Å². The lowest BCUT2D eigenvalue weighted by atomic mass is 10.2. The highest BCUT2D eigenvalue weighted by molar-refractivity contribution is 7.49. The van der Waals surface area contributed by atoms with E-state index in [9.17, 15) is 4.57 Å². The first-order valence-corrected chi connectivity index (χ1v) is 15.0. The number of halogens is 9. The number of rotatable bonds is 9. The minimum absolute atomic E-state index is 0.138. The molecule has 3 rings (SSSR count). The van der Waals surface area contributed by atoms with Crippen molar-refractivity contribution in [2.45, 2.75) is 0 Å². The number of hydrogen-bond acceptors (Lipinski definition) is 4. The second-order valence-corrected chi connectivity index (χ2v) is 11.6. The third kappa shape index (κ3) is 8.08. The zero-order chi connectivity index (χ0) is 28.0. The van der Waals surface area contributed by atoms with Crippen molar-refractivity contribution in [3.8, 4) is 0 Å². The van der Waals surface area contributed by atoms with Crippen LogP contribution in [0.1, 0.15) is 16.7 Å². The highest BCUT2D eigenvalue weighted by Gasteiger charge is 2.37. The van der Waals surface area contributed by atoms with E-state index in [0.29, 0.717) is 15.1 Å². The minimum Gasteiger partial charge on any atom is -0.384 e. The van der Waals surface area contributed by atoms with Gasteiger partial charge in [-0.3, -0.25) is 0 Å². The first-order chi connectivity index (χ1) is 18.0. The van der Waals surface area contributed by atoms with Gasteiger partial charge >= 0.3 is 7.82 Å². The molecule has 0 heterocycles. The van der Waals surface area contributed by atoms with Crippen LogP contribution >= 0.6 is 112 Å². The van der Waals surface area contributed by atoms with Gasteiger partial charge in [-0.05, 0) is 54.6 Å². The molecule has 0 fully saturated rings. The molecule has 0 atom stereocenters. The van der Waals surface area contributed by atoms with Crippen LogP contribution in [0.4, 0.5) is 0 Å². The first kappa shape index (κ1) is 31.6. The van der Waals surface area contributed by atoms with E-state index < -0.39 is 7.82 Å². The van der Waals surface area contributed by atoms with Crippen LogP contribution < -0.4 is 0 Å². The van der Waals surface area contributed by atoms with Crippen molar-refractivity contribution in [1.82, 2.24) is 0 Å². The van der Waals surface area contributed by atoms with Crippen molar-refractivity contribution in [2.75, 3.05) is 0 Å². The van der Waals surface area contributed by atoms with Gasteiger partial charge in [0.1, 0.15) is 0 Å². The average molecular weight is 714 g/mol. The van der Waals surface area contributed by atoms with Crippen LogP contribution in [0.25, 0.3) is 17.3 Å². The van der Waals surface area contributed by atoms with Gasteiger partial charge in [0.05, 0.1) is 15.1 Å². The van der Waals surface area contributed by atoms with E-state index >= 15 is 0 Å². The number of hydrogen-bond donors (Lipinski definition) is 0. The molecule has 0 saturated carbocycles. The summed E-state index contributed by atoms with van der Waals surface area (Å²) in [4.78, 5) is 0. The largest absolute Gasteiger partial charge is 0.647 e. The average Bonchev–Trinajstić information content (AvgIpc) is 2.85. The van der Waals surface area contributed by atoms with Gasteiger partial charge in [-0.15, -0.1) is 0 Å². The van der Waals surface area contributed by atoms with E-state index in [4.69, 9.17) is 118 Å². The predicted octanol–water partition coefficient (Wildman–Crippen LogP) is 12.8. The third-order valence-corrected chi connectivity index (χ3v) is 8.02. The summed E-state index contributed by atoms with van der Waals surface area (Å²) >= 11 is 54.9. The number of phosphoric ester groups is 1. The van der Waals surface area contributed by atoms with Gasteiger partial charge < -0.3 is 13.6 Å². The summed E-state index contributed by atoms with van der Waals surface area (Å²) in [5.41, 5.74) is 3.61. The van der Waals surface area contributed by atoms with Crippen LogP contribution in [0.3, 0.4) is 0 Å². The maximum atomic E-state index is 14.2. The molecule has 0 aromatic heterocycles. The van der Waals surface area contributed by atoms with Crippen LogP contribution in [-0.4, -0.2) is 0 Å². The van der Waals surface area contributed by atoms with Crippen molar-refractivity contribution in [3.05, 3.63) is 118 Å². The molecule has 14 heteroatoms. The Balaban J connectivity index is 2.09. The van der Waals surface area contributed by atoms with Gasteiger partial charge in [-0.1, -0.05) is 104 Å². The summed E-state index contributed by atoms with van der Waals surface area (Å²) in [7, 11) is -4.76. The molecular formula is C24H12Cl9O4P. The lowest BCUT2D eigenvalue weighted by molar-refractivity contribution is 0.258. The summed E-state index contributed by atoms with van der Waals surface area (Å²) in [5, 5.41) is 1.45. The first-order valence-electron chi connectivity index (χ1n) is 9.96. The zero-order valence-corrected chi connectivity index (χ0v) is 26.1. The van der Waals surface area contributed by atoms with Crippen molar-refractivity contribution >= 4 is 130 Å². The standard InChI is InChI=1S/C24H12Cl9O4P/c25-10-22(16-4-1-13(28)7-19(16)31)35-38(34,36-23(11-26)17-5-2-14(29)8-20(17)32)37-24(12-27)18-6-3-15(30)9-21(18)33/h1-12H/b22-10+,23-11+,24-12+. The Morgan fingerprint density at radius 3 is 1.00 bits per heavy atom. The topological polar surface area (TPSA) is 44.8 Å². The molecule has 0 unspecified atom stereocenters. The summed E-state index contributed by atoms with van der Waals surface area (Å²) in [6.07, 6.45) is 0. The van der Waals surface area contributed by atoms with Crippen molar-refractivity contribution in [2.24, 2.45) is 0 Å². The molecule has 0 aliphatic rings. The van der Waals surface area contributed by atoms with E-state index in [-0.39, 0.29) is 49.0 Å². The fraction of sp³-hybridized carbons (Fsp3) is 0. The summed E-state index contributed by atoms with van der Waals surface area (Å²) in [5.74, 6) is -0.572. The van der Waals surface area contributed by atoms with Crippen molar-refractivity contribution < 1.29 is 18.1 Å². The Kier molecular flexibility index (Phi) is 11.8. The zero-order valence-electron chi connectivity index (χ0n) is 18.4. The van der Waals surface area contributed by atoms with Crippen LogP contribution in [-0.2, 0) is 18.1 Å². The fourth-order valence-electron chi connectivity index (χ4n) is 2.87. The monoisotopic (exact) mass is 710 g/mol. The van der Waals surface area contributed by atoms with Gasteiger partial charge in [0.2, 0.25) is 0 Å². The third-order valence-electron chi connectivity index (χ3n) is 4.52. The molecule has 4 nitrogen and oxygen atoms in total. The molecular weight excluding hydrogens is 702 g/mol. The van der Waals surface area contributed by atoms with E-state index in [1.165, 1.54) is 54.6 Å². The summed E-state index contributed by atoms with van der Waals surface area (Å²) in [6.45, 7) is 0. The van der Waals surface area contributed by atoms with Crippen molar-refractivity contribution in [1.29, 1.82) is 0 Å². The normalized spacial score (nSPS) is 12.9. The Morgan fingerprint density at radius 1 is 0.526 bits per heavy atom. The number of benzene rings is 3. The molecule has 3 aromatic rings. The van der Waals surface area contributed by atoms with Crippen LogP contribution in [0.5, 0.6) is 0 Å². The SMILES string of the molecule is O=P(O/C(=C/Cl)c1ccc(Cl)cc1Cl)(O/C(=C/Cl)c1ccc(Cl)cc1Cl)O/C(=C/Cl)c1ccc(Cl)cc1Cl. The Hall–Kier alpha value is -0.880. The lowest BCUT2D eigenvalue weighted by Gasteiger charge is -2.23. The molecule has 0 amide bonds. The molecule has 0 aliphatic heterocycles. The lowest BCUT2D eigenvalue weighted by Crippen LogP contribution is -2.02. The molecule has 200 valence electrons. The van der Waals surface area contributed by atoms with Gasteiger partial charge in [-0.25, -0.2) is 0 Å². The molecule has 0 bridgehead atoms. The fourth-order valence-corrected chi connectivity index (χ4v) is 6.33. The highest BCUT2D eigenvalue weighted by Crippen LogP contribution is 2.59. The smallest absolute Gasteiger partial charge is 0.384 e. The molecule has 3 aromatic carbocycles. The van der Waals surface area contributed by atoms with E-state index in [0.717, 1.165) is 16.6 Å².